The molecule has 1 aliphatic heterocycles. The number of carbonyl (C=O) groups excluding carboxylic acids is 2. The Labute approximate surface area is 165 Å². The van der Waals surface area contributed by atoms with Crippen molar-refractivity contribution < 1.29 is 22.8 Å². The molecule has 8 heteroatoms. The van der Waals surface area contributed by atoms with Crippen molar-refractivity contribution in [1.82, 2.24) is 10.2 Å². The molecule has 2 aromatic carbocycles. The molecule has 2 aliphatic rings. The maximum atomic E-state index is 14.1. The lowest BCUT2D eigenvalue weighted by molar-refractivity contribution is -0.200. The molecule has 1 heterocycles. The average molecular weight is 401 g/mol. The Morgan fingerprint density at radius 2 is 1.66 bits per heavy atom. The van der Waals surface area contributed by atoms with Crippen molar-refractivity contribution in [3.8, 4) is 0 Å². The number of alkyl halides is 3. The summed E-state index contributed by atoms with van der Waals surface area (Å²) in [6, 6.07) is 16.9. The Morgan fingerprint density at radius 3 is 2.21 bits per heavy atom. The number of nitrogens with one attached hydrogen (secondary N) is 1. The van der Waals surface area contributed by atoms with E-state index in [1.54, 1.807) is 60.7 Å². The summed E-state index contributed by atoms with van der Waals surface area (Å²) in [6.45, 7) is -0.0927. The van der Waals surface area contributed by atoms with E-state index in [9.17, 15) is 22.8 Å². The third kappa shape index (κ3) is 3.50. The Hall–Kier alpha value is -3.16. The second-order valence-electron chi connectivity index (χ2n) is 7.15. The predicted octanol–water partition coefficient (Wildman–Crippen LogP) is 3.26. The van der Waals surface area contributed by atoms with Crippen molar-refractivity contribution >= 4 is 17.6 Å². The molecule has 2 amide bonds. The van der Waals surface area contributed by atoms with Gasteiger partial charge in [0.1, 0.15) is 5.84 Å². The standard InChI is InChI=1S/C21H18F3N3O2/c22-21(23,24)20(26-18(28)16-11-12-16)19(29)27(13-14-7-3-1-4-8-14)17(25-20)15-9-5-2-6-10-15/h1-10,16H,11-13H2,(H,26,28)/t20-/m1/s1. The van der Waals surface area contributed by atoms with Gasteiger partial charge in [0, 0.05) is 11.5 Å². The molecule has 1 N–H and O–H groups in total. The molecule has 1 aliphatic carbocycles. The summed E-state index contributed by atoms with van der Waals surface area (Å²) in [5.74, 6) is -2.72. The highest BCUT2D eigenvalue weighted by atomic mass is 19.4. The van der Waals surface area contributed by atoms with Crippen molar-refractivity contribution in [1.29, 1.82) is 0 Å². The molecule has 150 valence electrons. The normalized spacial score (nSPS) is 21.8. The summed E-state index contributed by atoms with van der Waals surface area (Å²) in [7, 11) is 0. The number of halogens is 3. The first kappa shape index (κ1) is 19.2. The summed E-state index contributed by atoms with van der Waals surface area (Å²) in [5.41, 5.74) is -2.30. The van der Waals surface area contributed by atoms with Crippen LogP contribution < -0.4 is 5.32 Å². The Kier molecular flexibility index (Phi) is 4.64. The van der Waals surface area contributed by atoms with Gasteiger partial charge in [-0.2, -0.15) is 13.2 Å². The molecule has 0 unspecified atom stereocenters. The second kappa shape index (κ2) is 7.02. The average Bonchev–Trinajstić information content (AvgIpc) is 3.51. The minimum absolute atomic E-state index is 0.0927. The lowest BCUT2D eigenvalue weighted by Crippen LogP contribution is -2.63. The monoisotopic (exact) mass is 401 g/mol. The lowest BCUT2D eigenvalue weighted by Gasteiger charge is -2.29. The number of hydrogen-bond donors (Lipinski definition) is 1. The number of benzene rings is 2. The van der Waals surface area contributed by atoms with E-state index in [0.29, 0.717) is 24.0 Å². The van der Waals surface area contributed by atoms with E-state index in [1.807, 2.05) is 5.32 Å². The zero-order valence-corrected chi connectivity index (χ0v) is 15.3. The minimum atomic E-state index is -5.08. The minimum Gasteiger partial charge on any atom is -0.316 e. The van der Waals surface area contributed by atoms with Gasteiger partial charge in [-0.25, -0.2) is 4.99 Å². The largest absolute Gasteiger partial charge is 0.442 e. The van der Waals surface area contributed by atoms with Crippen LogP contribution in [0.5, 0.6) is 0 Å². The number of hydrogen-bond acceptors (Lipinski definition) is 3. The number of aliphatic imine (C=N–C) groups is 1. The fraction of sp³-hybridized carbons (Fsp3) is 0.286. The van der Waals surface area contributed by atoms with Crippen LogP contribution in [0.3, 0.4) is 0 Å². The van der Waals surface area contributed by atoms with Gasteiger partial charge < -0.3 is 5.32 Å². The van der Waals surface area contributed by atoms with E-state index in [2.05, 4.69) is 4.99 Å². The van der Waals surface area contributed by atoms with Crippen LogP contribution in [0.15, 0.2) is 65.7 Å². The molecule has 0 bridgehead atoms. The van der Waals surface area contributed by atoms with E-state index in [4.69, 9.17) is 0 Å². The fourth-order valence-corrected chi connectivity index (χ4v) is 3.24. The molecule has 0 spiro atoms. The highest BCUT2D eigenvalue weighted by Gasteiger charge is 2.67. The van der Waals surface area contributed by atoms with Gasteiger partial charge in [-0.05, 0) is 18.4 Å². The van der Waals surface area contributed by atoms with Gasteiger partial charge in [0.15, 0.2) is 0 Å². The van der Waals surface area contributed by atoms with Crippen LogP contribution in [0.1, 0.15) is 24.0 Å². The van der Waals surface area contributed by atoms with Crippen LogP contribution >= 0.6 is 0 Å². The summed E-state index contributed by atoms with van der Waals surface area (Å²) in [6.07, 6.45) is -4.06. The summed E-state index contributed by atoms with van der Waals surface area (Å²) >= 11 is 0. The quantitative estimate of drug-likeness (QED) is 0.836. The number of nitrogens with zero attached hydrogens (tertiary/aromatic N) is 2. The van der Waals surface area contributed by atoms with E-state index in [-0.39, 0.29) is 12.4 Å². The first-order valence-electron chi connectivity index (χ1n) is 9.22. The smallest absolute Gasteiger partial charge is 0.316 e. The molecule has 1 saturated carbocycles. The zero-order chi connectivity index (χ0) is 20.6. The van der Waals surface area contributed by atoms with Gasteiger partial charge in [-0.15, -0.1) is 0 Å². The maximum absolute atomic E-state index is 14.1. The number of carbonyl (C=O) groups is 2. The van der Waals surface area contributed by atoms with E-state index in [1.165, 1.54) is 0 Å². The molecule has 4 rings (SSSR count). The second-order valence-corrected chi connectivity index (χ2v) is 7.15. The molecule has 0 saturated heterocycles. The number of amides is 2. The third-order valence-corrected chi connectivity index (χ3v) is 4.96. The number of amidine groups is 1. The molecule has 0 radical (unpaired) electrons. The van der Waals surface area contributed by atoms with E-state index < -0.39 is 29.6 Å². The van der Waals surface area contributed by atoms with Gasteiger partial charge in [0.25, 0.3) is 5.91 Å². The van der Waals surface area contributed by atoms with Crippen LogP contribution in [0, 0.1) is 5.92 Å². The van der Waals surface area contributed by atoms with Crippen molar-refractivity contribution in [2.24, 2.45) is 10.9 Å². The van der Waals surface area contributed by atoms with Gasteiger partial charge in [-0.3, -0.25) is 14.5 Å². The third-order valence-electron chi connectivity index (χ3n) is 4.96. The van der Waals surface area contributed by atoms with Crippen LogP contribution in [0.4, 0.5) is 13.2 Å². The van der Waals surface area contributed by atoms with Crippen molar-refractivity contribution in [2.75, 3.05) is 0 Å². The molecule has 1 atom stereocenters. The SMILES string of the molecule is O=C(N[C@]1(C(F)(F)F)N=C(c2ccccc2)N(Cc2ccccc2)C1=O)C1CC1. The van der Waals surface area contributed by atoms with E-state index >= 15 is 0 Å². The topological polar surface area (TPSA) is 61.8 Å². The molecule has 0 aromatic heterocycles. The van der Waals surface area contributed by atoms with Crippen LogP contribution in [0.25, 0.3) is 0 Å². The molecular weight excluding hydrogens is 383 g/mol. The molecular formula is C21H18F3N3O2. The highest BCUT2D eigenvalue weighted by molar-refractivity contribution is 6.16. The Bertz CT molecular complexity index is 956. The highest BCUT2D eigenvalue weighted by Crippen LogP contribution is 2.40. The fourth-order valence-electron chi connectivity index (χ4n) is 3.24. The van der Waals surface area contributed by atoms with Gasteiger partial charge in [0.05, 0.1) is 6.54 Å². The van der Waals surface area contributed by atoms with Crippen molar-refractivity contribution in [2.45, 2.75) is 31.2 Å². The summed E-state index contributed by atoms with van der Waals surface area (Å²) in [4.78, 5) is 30.1. The molecule has 5 nitrogen and oxygen atoms in total. The van der Waals surface area contributed by atoms with Crippen molar-refractivity contribution in [3.05, 3.63) is 71.8 Å². The predicted molar refractivity (Wildman–Crippen MR) is 99.6 cm³/mol. The summed E-state index contributed by atoms with van der Waals surface area (Å²) in [5, 5.41) is 1.92. The van der Waals surface area contributed by atoms with Gasteiger partial charge >= 0.3 is 11.8 Å². The molecule has 1 fully saturated rings. The molecule has 2 aromatic rings. The van der Waals surface area contributed by atoms with Crippen LogP contribution in [0.2, 0.25) is 0 Å². The Balaban J connectivity index is 1.79. The van der Waals surface area contributed by atoms with Gasteiger partial charge in [-0.1, -0.05) is 60.7 Å². The summed E-state index contributed by atoms with van der Waals surface area (Å²) < 4.78 is 42.4. The lowest BCUT2D eigenvalue weighted by atomic mass is 10.1. The van der Waals surface area contributed by atoms with Crippen LogP contribution in [-0.4, -0.2) is 34.4 Å². The van der Waals surface area contributed by atoms with Crippen LogP contribution in [-0.2, 0) is 16.1 Å². The first-order valence-corrected chi connectivity index (χ1v) is 9.22. The Morgan fingerprint density at radius 1 is 1.07 bits per heavy atom. The van der Waals surface area contributed by atoms with E-state index in [0.717, 1.165) is 4.90 Å². The number of rotatable bonds is 5. The van der Waals surface area contributed by atoms with Crippen molar-refractivity contribution in [3.63, 3.8) is 0 Å². The molecule has 29 heavy (non-hydrogen) atoms. The maximum Gasteiger partial charge on any atom is 0.442 e. The zero-order valence-electron chi connectivity index (χ0n) is 15.3. The van der Waals surface area contributed by atoms with Gasteiger partial charge in [0.2, 0.25) is 5.91 Å². The first-order chi connectivity index (χ1) is 13.8.